The molecule has 2 heterocycles. The monoisotopic (exact) mass is 307 g/mol. The Balaban J connectivity index is 1.45. The second-order valence-electron chi connectivity index (χ2n) is 7.36. The summed E-state index contributed by atoms with van der Waals surface area (Å²) in [4.78, 5) is 26.6. The van der Waals surface area contributed by atoms with Crippen LogP contribution in [0.5, 0.6) is 0 Å². The number of carbonyl (C=O) groups is 2. The number of nitrogens with one attached hydrogen (secondary N) is 2. The molecule has 2 aliphatic heterocycles. The molecule has 5 heteroatoms. The van der Waals surface area contributed by atoms with Crippen LogP contribution < -0.4 is 10.6 Å². The van der Waals surface area contributed by atoms with E-state index in [0.29, 0.717) is 18.5 Å². The van der Waals surface area contributed by atoms with Crippen LogP contribution in [0.4, 0.5) is 0 Å². The zero-order chi connectivity index (χ0) is 15.5. The maximum atomic E-state index is 12.5. The lowest BCUT2D eigenvalue weighted by Gasteiger charge is -2.26. The fourth-order valence-corrected chi connectivity index (χ4v) is 4.16. The second-order valence-corrected chi connectivity index (χ2v) is 7.36. The molecule has 3 aliphatic rings. The molecule has 3 atom stereocenters. The summed E-state index contributed by atoms with van der Waals surface area (Å²) in [6.45, 7) is 3.64. The smallest absolute Gasteiger partial charge is 0.224 e. The third-order valence-corrected chi connectivity index (χ3v) is 5.47. The maximum Gasteiger partial charge on any atom is 0.224 e. The lowest BCUT2D eigenvalue weighted by Crippen LogP contribution is -2.43. The van der Waals surface area contributed by atoms with Gasteiger partial charge in [0.2, 0.25) is 11.8 Å². The first kappa shape index (κ1) is 15.8. The van der Waals surface area contributed by atoms with E-state index in [-0.39, 0.29) is 23.8 Å². The Hall–Kier alpha value is -1.10. The van der Waals surface area contributed by atoms with Crippen molar-refractivity contribution in [3.8, 4) is 0 Å². The number of hydrogen-bond acceptors (Lipinski definition) is 3. The van der Waals surface area contributed by atoms with E-state index >= 15 is 0 Å². The summed E-state index contributed by atoms with van der Waals surface area (Å²) < 4.78 is 0. The molecule has 22 heavy (non-hydrogen) atoms. The average molecular weight is 307 g/mol. The summed E-state index contributed by atoms with van der Waals surface area (Å²) in [5.74, 6) is 0.513. The third kappa shape index (κ3) is 3.80. The molecule has 0 spiro atoms. The normalized spacial score (nSPS) is 30.1. The van der Waals surface area contributed by atoms with E-state index in [2.05, 4.69) is 10.6 Å². The average Bonchev–Trinajstić information content (AvgIpc) is 3.08. The first-order valence-electron chi connectivity index (χ1n) is 8.96. The zero-order valence-electron chi connectivity index (χ0n) is 13.6. The topological polar surface area (TPSA) is 61.4 Å². The summed E-state index contributed by atoms with van der Waals surface area (Å²) in [7, 11) is 0. The Morgan fingerprint density at radius 3 is 2.64 bits per heavy atom. The highest BCUT2D eigenvalue weighted by molar-refractivity contribution is 5.81. The highest BCUT2D eigenvalue weighted by atomic mass is 16.2. The molecular weight excluding hydrogens is 278 g/mol. The number of hydrogen-bond donors (Lipinski definition) is 2. The van der Waals surface area contributed by atoms with Crippen LogP contribution in [0.3, 0.4) is 0 Å². The molecule has 3 rings (SSSR count). The molecular formula is C17H29N3O2. The molecule has 2 saturated heterocycles. The SMILES string of the molecule is CC(CC(=O)N1CCC2CCC(C1)N2)NC(=O)C1CCCC1. The molecule has 0 radical (unpaired) electrons. The number of rotatable bonds is 4. The summed E-state index contributed by atoms with van der Waals surface area (Å²) in [6, 6.07) is 1.01. The molecule has 0 aromatic heterocycles. The van der Waals surface area contributed by atoms with Crippen molar-refractivity contribution in [1.82, 2.24) is 15.5 Å². The fourth-order valence-electron chi connectivity index (χ4n) is 4.16. The lowest BCUT2D eigenvalue weighted by molar-refractivity contribution is -0.132. The van der Waals surface area contributed by atoms with Crippen molar-refractivity contribution in [3.63, 3.8) is 0 Å². The van der Waals surface area contributed by atoms with Gasteiger partial charge in [-0.1, -0.05) is 12.8 Å². The van der Waals surface area contributed by atoms with Gasteiger partial charge in [-0.3, -0.25) is 9.59 Å². The highest BCUT2D eigenvalue weighted by Gasteiger charge is 2.31. The van der Waals surface area contributed by atoms with Gasteiger partial charge in [-0.25, -0.2) is 0 Å². The minimum Gasteiger partial charge on any atom is -0.353 e. The Morgan fingerprint density at radius 1 is 1.14 bits per heavy atom. The Bertz CT molecular complexity index is 420. The molecule has 0 aromatic rings. The van der Waals surface area contributed by atoms with Crippen LogP contribution in [0.25, 0.3) is 0 Å². The van der Waals surface area contributed by atoms with Gasteiger partial charge >= 0.3 is 0 Å². The van der Waals surface area contributed by atoms with Gasteiger partial charge in [0, 0.05) is 43.6 Å². The number of likely N-dealkylation sites (tertiary alicyclic amines) is 1. The quantitative estimate of drug-likeness (QED) is 0.826. The summed E-state index contributed by atoms with van der Waals surface area (Å²) >= 11 is 0. The predicted octanol–water partition coefficient (Wildman–Crippen LogP) is 1.42. The van der Waals surface area contributed by atoms with E-state index in [1.54, 1.807) is 0 Å². The number of carbonyl (C=O) groups excluding carboxylic acids is 2. The Morgan fingerprint density at radius 2 is 1.86 bits per heavy atom. The van der Waals surface area contributed by atoms with Crippen LogP contribution >= 0.6 is 0 Å². The van der Waals surface area contributed by atoms with Gasteiger partial charge in [-0.2, -0.15) is 0 Å². The van der Waals surface area contributed by atoms with Crippen LogP contribution in [-0.4, -0.2) is 47.9 Å². The first-order valence-corrected chi connectivity index (χ1v) is 8.96. The second kappa shape index (κ2) is 6.99. The minimum atomic E-state index is -0.0611. The molecule has 1 saturated carbocycles. The van der Waals surface area contributed by atoms with E-state index in [1.165, 1.54) is 12.8 Å². The lowest BCUT2D eigenvalue weighted by atomic mass is 10.1. The van der Waals surface area contributed by atoms with Crippen molar-refractivity contribution in [2.75, 3.05) is 13.1 Å². The van der Waals surface area contributed by atoms with Gasteiger partial charge in [-0.05, 0) is 39.0 Å². The van der Waals surface area contributed by atoms with Gasteiger partial charge in [0.05, 0.1) is 0 Å². The largest absolute Gasteiger partial charge is 0.353 e. The molecule has 5 nitrogen and oxygen atoms in total. The molecule has 124 valence electrons. The molecule has 3 unspecified atom stereocenters. The predicted molar refractivity (Wildman–Crippen MR) is 85.3 cm³/mol. The van der Waals surface area contributed by atoms with Crippen molar-refractivity contribution < 1.29 is 9.59 Å². The summed E-state index contributed by atoms with van der Waals surface area (Å²) in [6.07, 6.45) is 8.26. The van der Waals surface area contributed by atoms with Crippen molar-refractivity contribution >= 4 is 11.8 Å². The van der Waals surface area contributed by atoms with Crippen LogP contribution in [0.15, 0.2) is 0 Å². The van der Waals surface area contributed by atoms with Crippen molar-refractivity contribution in [3.05, 3.63) is 0 Å². The van der Waals surface area contributed by atoms with Gasteiger partial charge in [0.15, 0.2) is 0 Å². The number of fused-ring (bicyclic) bond motifs is 2. The first-order chi connectivity index (χ1) is 10.6. The van der Waals surface area contributed by atoms with Crippen LogP contribution in [0.1, 0.15) is 58.3 Å². The van der Waals surface area contributed by atoms with E-state index in [1.807, 2.05) is 11.8 Å². The fraction of sp³-hybridized carbons (Fsp3) is 0.882. The standard InChI is InChI=1S/C17H29N3O2/c1-12(18-17(22)13-4-2-3-5-13)10-16(21)20-9-8-14-6-7-15(11-20)19-14/h12-15,19H,2-11H2,1H3,(H,18,22). The maximum absolute atomic E-state index is 12.5. The van der Waals surface area contributed by atoms with E-state index in [4.69, 9.17) is 0 Å². The van der Waals surface area contributed by atoms with E-state index in [0.717, 1.165) is 45.2 Å². The van der Waals surface area contributed by atoms with Crippen LogP contribution in [0.2, 0.25) is 0 Å². The Kier molecular flexibility index (Phi) is 5.01. The number of amides is 2. The van der Waals surface area contributed by atoms with E-state index < -0.39 is 0 Å². The molecule has 3 fully saturated rings. The van der Waals surface area contributed by atoms with E-state index in [9.17, 15) is 9.59 Å². The van der Waals surface area contributed by atoms with Gasteiger partial charge in [0.25, 0.3) is 0 Å². The zero-order valence-corrected chi connectivity index (χ0v) is 13.6. The number of nitrogens with zero attached hydrogens (tertiary/aromatic N) is 1. The summed E-state index contributed by atoms with van der Waals surface area (Å²) in [5, 5.41) is 6.64. The summed E-state index contributed by atoms with van der Waals surface area (Å²) in [5.41, 5.74) is 0. The molecule has 0 aromatic carbocycles. The van der Waals surface area contributed by atoms with Crippen molar-refractivity contribution in [2.24, 2.45) is 5.92 Å². The highest BCUT2D eigenvalue weighted by Crippen LogP contribution is 2.25. The molecule has 2 N–H and O–H groups in total. The third-order valence-electron chi connectivity index (χ3n) is 5.47. The van der Waals surface area contributed by atoms with Crippen molar-refractivity contribution in [1.29, 1.82) is 0 Å². The van der Waals surface area contributed by atoms with Crippen molar-refractivity contribution in [2.45, 2.75) is 76.4 Å². The Labute approximate surface area is 133 Å². The van der Waals surface area contributed by atoms with Gasteiger partial charge in [0.1, 0.15) is 0 Å². The van der Waals surface area contributed by atoms with Crippen LogP contribution in [0, 0.1) is 5.92 Å². The molecule has 1 aliphatic carbocycles. The van der Waals surface area contributed by atoms with Crippen LogP contribution in [-0.2, 0) is 9.59 Å². The molecule has 2 bridgehead atoms. The molecule has 2 amide bonds. The van der Waals surface area contributed by atoms with Gasteiger partial charge in [-0.15, -0.1) is 0 Å². The minimum absolute atomic E-state index is 0.0611. The van der Waals surface area contributed by atoms with Gasteiger partial charge < -0.3 is 15.5 Å².